The van der Waals surface area contributed by atoms with Crippen molar-refractivity contribution in [2.24, 2.45) is 0 Å². The van der Waals surface area contributed by atoms with Gasteiger partial charge in [0.15, 0.2) is 0 Å². The molecule has 0 unspecified atom stereocenters. The Kier molecular flexibility index (Phi) is 8.04. The number of benzene rings is 2. The van der Waals surface area contributed by atoms with Gasteiger partial charge in [0.2, 0.25) is 15.9 Å². The quantitative estimate of drug-likeness (QED) is 0.616. The van der Waals surface area contributed by atoms with Gasteiger partial charge in [-0.15, -0.1) is 0 Å². The number of carbonyl (C=O) groups excluding carboxylic acids is 1. The lowest BCUT2D eigenvalue weighted by atomic mass is 10.1. The van der Waals surface area contributed by atoms with E-state index in [0.29, 0.717) is 17.1 Å². The lowest BCUT2D eigenvalue weighted by Crippen LogP contribution is -2.32. The van der Waals surface area contributed by atoms with E-state index in [1.54, 1.807) is 51.3 Å². The van der Waals surface area contributed by atoms with Crippen molar-refractivity contribution in [3.8, 4) is 11.5 Å². The highest BCUT2D eigenvalue weighted by Crippen LogP contribution is 2.25. The molecule has 0 saturated heterocycles. The normalized spacial score (nSPS) is 11.3. The number of carbonyl (C=O) groups is 1. The maximum atomic E-state index is 12.4. The van der Waals surface area contributed by atoms with Gasteiger partial charge in [-0.3, -0.25) is 4.79 Å². The topological polar surface area (TPSA) is 93.7 Å². The molecule has 8 heteroatoms. The van der Waals surface area contributed by atoms with E-state index in [0.717, 1.165) is 11.1 Å². The average Bonchev–Trinajstić information content (AvgIpc) is 2.66. The van der Waals surface area contributed by atoms with E-state index in [1.807, 2.05) is 12.1 Å². The summed E-state index contributed by atoms with van der Waals surface area (Å²) < 4.78 is 37.5. The van der Waals surface area contributed by atoms with Crippen LogP contribution in [0.5, 0.6) is 11.5 Å². The van der Waals surface area contributed by atoms with Crippen LogP contribution in [-0.2, 0) is 33.5 Å². The third-order valence-corrected chi connectivity index (χ3v) is 5.72. The molecular weight excluding hydrogens is 392 g/mol. The molecule has 0 bridgehead atoms. The molecule has 0 saturated carbocycles. The van der Waals surface area contributed by atoms with E-state index in [1.165, 1.54) is 7.11 Å². The van der Waals surface area contributed by atoms with Crippen LogP contribution in [0.4, 0.5) is 0 Å². The van der Waals surface area contributed by atoms with Crippen molar-refractivity contribution in [2.45, 2.75) is 38.6 Å². The molecule has 1 amide bonds. The summed E-state index contributed by atoms with van der Waals surface area (Å²) in [4.78, 5) is 12.4. The largest absolute Gasteiger partial charge is 0.497 e. The van der Waals surface area contributed by atoms with Gasteiger partial charge in [-0.1, -0.05) is 30.3 Å². The minimum atomic E-state index is -3.45. The van der Waals surface area contributed by atoms with E-state index < -0.39 is 10.0 Å². The van der Waals surface area contributed by atoms with Gasteiger partial charge in [-0.25, -0.2) is 13.1 Å². The highest BCUT2D eigenvalue weighted by Gasteiger charge is 2.16. The Labute approximate surface area is 172 Å². The third kappa shape index (κ3) is 7.07. The number of ether oxygens (including phenoxy) is 2. The SMILES string of the molecule is COc1ccc(CC(=O)NCc2ccccc2CS(=O)(=O)NC(C)C)c(OC)c1. The van der Waals surface area contributed by atoms with Crippen molar-refractivity contribution in [3.05, 3.63) is 59.2 Å². The molecule has 2 aromatic carbocycles. The number of rotatable bonds is 10. The van der Waals surface area contributed by atoms with E-state index in [9.17, 15) is 13.2 Å². The summed E-state index contributed by atoms with van der Waals surface area (Å²) in [6, 6.07) is 12.3. The van der Waals surface area contributed by atoms with Gasteiger partial charge in [0.25, 0.3) is 0 Å². The van der Waals surface area contributed by atoms with E-state index in [4.69, 9.17) is 9.47 Å². The first-order chi connectivity index (χ1) is 13.7. The molecule has 2 rings (SSSR count). The van der Waals surface area contributed by atoms with Crippen LogP contribution < -0.4 is 19.5 Å². The van der Waals surface area contributed by atoms with Crippen molar-refractivity contribution in [1.82, 2.24) is 10.0 Å². The van der Waals surface area contributed by atoms with Crippen molar-refractivity contribution < 1.29 is 22.7 Å². The monoisotopic (exact) mass is 420 g/mol. The molecule has 2 aromatic rings. The smallest absolute Gasteiger partial charge is 0.224 e. The number of nitrogens with one attached hydrogen (secondary N) is 2. The van der Waals surface area contributed by atoms with Crippen LogP contribution in [0.2, 0.25) is 0 Å². The predicted octanol–water partition coefficient (Wildman–Crippen LogP) is 2.39. The predicted molar refractivity (Wildman–Crippen MR) is 112 cm³/mol. The Morgan fingerprint density at radius 3 is 2.31 bits per heavy atom. The fourth-order valence-electron chi connectivity index (χ4n) is 2.90. The summed E-state index contributed by atoms with van der Waals surface area (Å²) in [6.45, 7) is 3.79. The average molecular weight is 421 g/mol. The summed E-state index contributed by atoms with van der Waals surface area (Å²) in [7, 11) is -0.346. The Balaban J connectivity index is 2.04. The maximum absolute atomic E-state index is 12.4. The first kappa shape index (κ1) is 22.7. The van der Waals surface area contributed by atoms with Crippen molar-refractivity contribution in [2.75, 3.05) is 14.2 Å². The lowest BCUT2D eigenvalue weighted by Gasteiger charge is -2.14. The van der Waals surface area contributed by atoms with Gasteiger partial charge in [-0.05, 0) is 31.0 Å². The van der Waals surface area contributed by atoms with Gasteiger partial charge in [0.1, 0.15) is 11.5 Å². The second-order valence-electron chi connectivity index (χ2n) is 6.93. The number of hydrogen-bond acceptors (Lipinski definition) is 5. The standard InChI is InChI=1S/C21H28N2O5S/c1-15(2)23-29(25,26)14-18-8-6-5-7-17(18)13-22-21(24)11-16-9-10-19(27-3)12-20(16)28-4/h5-10,12,15,23H,11,13-14H2,1-4H3,(H,22,24). The molecular formula is C21H28N2O5S. The van der Waals surface area contributed by atoms with E-state index in [2.05, 4.69) is 10.0 Å². The second-order valence-corrected chi connectivity index (χ2v) is 8.69. The Morgan fingerprint density at radius 2 is 1.69 bits per heavy atom. The highest BCUT2D eigenvalue weighted by molar-refractivity contribution is 7.88. The molecule has 0 aliphatic rings. The van der Waals surface area contributed by atoms with Crippen LogP contribution in [-0.4, -0.2) is 34.6 Å². The third-order valence-electron chi connectivity index (χ3n) is 4.20. The second kappa shape index (κ2) is 10.3. The zero-order valence-electron chi connectivity index (χ0n) is 17.2. The summed E-state index contributed by atoms with van der Waals surface area (Å²) in [5.74, 6) is 0.900. The first-order valence-electron chi connectivity index (χ1n) is 9.28. The molecule has 0 radical (unpaired) electrons. The fraction of sp³-hybridized carbons (Fsp3) is 0.381. The number of amides is 1. The lowest BCUT2D eigenvalue weighted by molar-refractivity contribution is -0.120. The molecule has 29 heavy (non-hydrogen) atoms. The molecule has 0 aromatic heterocycles. The van der Waals surface area contributed by atoms with Crippen LogP contribution in [0.25, 0.3) is 0 Å². The van der Waals surface area contributed by atoms with E-state index >= 15 is 0 Å². The Bertz CT molecular complexity index is 942. The molecule has 0 atom stereocenters. The van der Waals surface area contributed by atoms with Gasteiger partial charge in [0.05, 0.1) is 26.4 Å². The Hall–Kier alpha value is -2.58. The number of hydrogen-bond donors (Lipinski definition) is 2. The molecule has 0 heterocycles. The summed E-state index contributed by atoms with van der Waals surface area (Å²) >= 11 is 0. The van der Waals surface area contributed by atoms with Crippen molar-refractivity contribution >= 4 is 15.9 Å². The number of methoxy groups -OCH3 is 2. The van der Waals surface area contributed by atoms with Crippen LogP contribution in [0.15, 0.2) is 42.5 Å². The van der Waals surface area contributed by atoms with Gasteiger partial charge in [-0.2, -0.15) is 0 Å². The molecule has 0 aliphatic heterocycles. The van der Waals surface area contributed by atoms with Crippen molar-refractivity contribution in [1.29, 1.82) is 0 Å². The molecule has 7 nitrogen and oxygen atoms in total. The van der Waals surface area contributed by atoms with Gasteiger partial charge < -0.3 is 14.8 Å². The molecule has 158 valence electrons. The maximum Gasteiger partial charge on any atom is 0.224 e. The molecule has 2 N–H and O–H groups in total. The van der Waals surface area contributed by atoms with Crippen molar-refractivity contribution in [3.63, 3.8) is 0 Å². The summed E-state index contributed by atoms with van der Waals surface area (Å²) in [5, 5.41) is 2.85. The van der Waals surface area contributed by atoms with Gasteiger partial charge >= 0.3 is 0 Å². The first-order valence-corrected chi connectivity index (χ1v) is 10.9. The Morgan fingerprint density at radius 1 is 1.00 bits per heavy atom. The molecule has 0 fully saturated rings. The minimum Gasteiger partial charge on any atom is -0.497 e. The van der Waals surface area contributed by atoms with Gasteiger partial charge in [0, 0.05) is 24.2 Å². The van der Waals surface area contributed by atoms with Crippen LogP contribution in [0.3, 0.4) is 0 Å². The zero-order valence-corrected chi connectivity index (χ0v) is 18.0. The van der Waals surface area contributed by atoms with Crippen LogP contribution in [0, 0.1) is 0 Å². The summed E-state index contributed by atoms with van der Waals surface area (Å²) in [6.07, 6.45) is 0.141. The fourth-order valence-corrected chi connectivity index (χ4v) is 4.40. The van der Waals surface area contributed by atoms with E-state index in [-0.39, 0.29) is 30.7 Å². The van der Waals surface area contributed by atoms with Crippen LogP contribution in [0.1, 0.15) is 30.5 Å². The molecule has 0 aliphatic carbocycles. The summed E-state index contributed by atoms with van der Waals surface area (Å²) in [5.41, 5.74) is 2.16. The van der Waals surface area contributed by atoms with Crippen LogP contribution >= 0.6 is 0 Å². The minimum absolute atomic E-state index is 0.135. The zero-order chi connectivity index (χ0) is 21.4. The molecule has 0 spiro atoms. The highest BCUT2D eigenvalue weighted by atomic mass is 32.2. The number of sulfonamides is 1.